The molecule has 6 heteroatoms. The molecular formula is C19H17NO5. The lowest BCUT2D eigenvalue weighted by Gasteiger charge is -2.13. The molecule has 0 unspecified atom stereocenters. The van der Waals surface area contributed by atoms with Crippen LogP contribution in [0.2, 0.25) is 0 Å². The Bertz CT molecular complexity index is 842. The summed E-state index contributed by atoms with van der Waals surface area (Å²) in [4.78, 5) is 0. The van der Waals surface area contributed by atoms with E-state index in [4.69, 9.17) is 23.7 Å². The van der Waals surface area contributed by atoms with Crippen molar-refractivity contribution in [2.24, 2.45) is 0 Å². The molecule has 2 aromatic carbocycles. The topological polar surface area (TPSA) is 69.9 Å². The Hall–Kier alpha value is -3.33. The van der Waals surface area contributed by atoms with Gasteiger partial charge in [-0.05, 0) is 41.5 Å². The fraction of sp³-hybridized carbons (Fsp3) is 0.211. The maximum Gasteiger partial charge on any atom is 0.231 e. The van der Waals surface area contributed by atoms with E-state index in [2.05, 4.69) is 6.07 Å². The number of methoxy groups -OCH3 is 3. The summed E-state index contributed by atoms with van der Waals surface area (Å²) in [5.41, 5.74) is 1.95. The molecule has 1 aliphatic rings. The van der Waals surface area contributed by atoms with Crippen molar-refractivity contribution in [1.29, 1.82) is 5.26 Å². The van der Waals surface area contributed by atoms with Crippen molar-refractivity contribution in [3.05, 3.63) is 41.5 Å². The monoisotopic (exact) mass is 339 g/mol. The standard InChI is InChI=1S/C19H17NO5/c1-21-17-8-13(9-18(22-2)19(17)23-3)14(10-20)6-12-4-5-15-16(7-12)25-11-24-15/h4-9H,11H2,1-3H3/b14-6+. The number of fused-ring (bicyclic) bond motifs is 1. The van der Waals surface area contributed by atoms with Gasteiger partial charge in [0.15, 0.2) is 23.0 Å². The lowest BCUT2D eigenvalue weighted by atomic mass is 10.0. The first kappa shape index (κ1) is 16.5. The van der Waals surface area contributed by atoms with E-state index in [1.807, 2.05) is 18.2 Å². The molecule has 0 bridgehead atoms. The molecule has 0 saturated carbocycles. The Balaban J connectivity index is 2.05. The maximum atomic E-state index is 9.60. The van der Waals surface area contributed by atoms with Gasteiger partial charge in [-0.2, -0.15) is 5.26 Å². The third kappa shape index (κ3) is 3.17. The zero-order chi connectivity index (χ0) is 17.8. The van der Waals surface area contributed by atoms with Crippen LogP contribution in [-0.2, 0) is 0 Å². The van der Waals surface area contributed by atoms with Gasteiger partial charge < -0.3 is 23.7 Å². The number of rotatable bonds is 5. The van der Waals surface area contributed by atoms with Gasteiger partial charge in [-0.25, -0.2) is 0 Å². The normalized spacial score (nSPS) is 12.5. The fourth-order valence-corrected chi connectivity index (χ4v) is 2.59. The highest BCUT2D eigenvalue weighted by Crippen LogP contribution is 2.40. The highest BCUT2D eigenvalue weighted by atomic mass is 16.7. The van der Waals surface area contributed by atoms with Gasteiger partial charge in [0.1, 0.15) is 0 Å². The smallest absolute Gasteiger partial charge is 0.231 e. The van der Waals surface area contributed by atoms with E-state index in [0.29, 0.717) is 39.9 Å². The summed E-state index contributed by atoms with van der Waals surface area (Å²) in [5, 5.41) is 9.60. The van der Waals surface area contributed by atoms with Crippen LogP contribution < -0.4 is 23.7 Å². The zero-order valence-electron chi connectivity index (χ0n) is 14.2. The minimum absolute atomic E-state index is 0.209. The lowest BCUT2D eigenvalue weighted by Crippen LogP contribution is -1.96. The van der Waals surface area contributed by atoms with Crippen LogP contribution in [0.4, 0.5) is 0 Å². The molecule has 0 radical (unpaired) electrons. The summed E-state index contributed by atoms with van der Waals surface area (Å²) in [5.74, 6) is 2.82. The highest BCUT2D eigenvalue weighted by Gasteiger charge is 2.16. The first-order valence-electron chi connectivity index (χ1n) is 7.52. The molecule has 1 heterocycles. The Morgan fingerprint density at radius 2 is 1.68 bits per heavy atom. The largest absolute Gasteiger partial charge is 0.493 e. The molecule has 0 saturated heterocycles. The highest BCUT2D eigenvalue weighted by molar-refractivity contribution is 5.91. The van der Waals surface area contributed by atoms with Crippen LogP contribution in [0.5, 0.6) is 28.7 Å². The summed E-state index contributed by atoms with van der Waals surface area (Å²) in [6.45, 7) is 0.209. The van der Waals surface area contributed by atoms with Gasteiger partial charge in [0, 0.05) is 0 Å². The number of benzene rings is 2. The van der Waals surface area contributed by atoms with Crippen LogP contribution in [-0.4, -0.2) is 28.1 Å². The minimum Gasteiger partial charge on any atom is -0.493 e. The molecule has 128 valence electrons. The van der Waals surface area contributed by atoms with Crippen molar-refractivity contribution >= 4 is 11.6 Å². The molecular weight excluding hydrogens is 322 g/mol. The Labute approximate surface area is 145 Å². The van der Waals surface area contributed by atoms with Gasteiger partial charge in [0.2, 0.25) is 12.5 Å². The van der Waals surface area contributed by atoms with E-state index in [1.54, 1.807) is 18.2 Å². The van der Waals surface area contributed by atoms with Crippen LogP contribution >= 0.6 is 0 Å². The van der Waals surface area contributed by atoms with Gasteiger partial charge in [0.25, 0.3) is 0 Å². The molecule has 6 nitrogen and oxygen atoms in total. The summed E-state index contributed by atoms with van der Waals surface area (Å²) in [7, 11) is 4.61. The molecule has 0 fully saturated rings. The van der Waals surface area contributed by atoms with E-state index in [1.165, 1.54) is 21.3 Å². The summed E-state index contributed by atoms with van der Waals surface area (Å²) in [6.07, 6.45) is 1.77. The van der Waals surface area contributed by atoms with Crippen LogP contribution in [0.1, 0.15) is 11.1 Å². The number of ether oxygens (including phenoxy) is 5. The average Bonchev–Trinajstić information content (AvgIpc) is 3.12. The quantitative estimate of drug-likeness (QED) is 0.613. The summed E-state index contributed by atoms with van der Waals surface area (Å²) < 4.78 is 26.7. The van der Waals surface area contributed by atoms with Crippen LogP contribution in [0.25, 0.3) is 11.6 Å². The SMILES string of the molecule is COc1cc(/C(C#N)=C/c2ccc3c(c2)OCO3)cc(OC)c1OC. The number of nitriles is 1. The van der Waals surface area contributed by atoms with Crippen molar-refractivity contribution in [2.75, 3.05) is 28.1 Å². The van der Waals surface area contributed by atoms with E-state index in [9.17, 15) is 5.26 Å². The van der Waals surface area contributed by atoms with Gasteiger partial charge >= 0.3 is 0 Å². The molecule has 3 rings (SSSR count). The number of allylic oxidation sites excluding steroid dienone is 1. The Morgan fingerprint density at radius 1 is 1.00 bits per heavy atom. The molecule has 0 aliphatic carbocycles. The van der Waals surface area contributed by atoms with Crippen LogP contribution in [0.15, 0.2) is 30.3 Å². The average molecular weight is 339 g/mol. The number of nitrogens with zero attached hydrogens (tertiary/aromatic N) is 1. The van der Waals surface area contributed by atoms with Crippen LogP contribution in [0.3, 0.4) is 0 Å². The predicted molar refractivity (Wildman–Crippen MR) is 92.1 cm³/mol. The summed E-state index contributed by atoms with van der Waals surface area (Å²) >= 11 is 0. The number of hydrogen-bond donors (Lipinski definition) is 0. The van der Waals surface area contributed by atoms with E-state index < -0.39 is 0 Å². The molecule has 0 atom stereocenters. The molecule has 2 aromatic rings. The fourth-order valence-electron chi connectivity index (χ4n) is 2.59. The van der Waals surface area contributed by atoms with Gasteiger partial charge in [-0.1, -0.05) is 6.07 Å². The first-order chi connectivity index (χ1) is 12.2. The molecule has 0 N–H and O–H groups in total. The molecule has 0 spiro atoms. The molecule has 0 aromatic heterocycles. The van der Waals surface area contributed by atoms with Gasteiger partial charge in [-0.3, -0.25) is 0 Å². The minimum atomic E-state index is 0.209. The molecule has 0 amide bonds. The van der Waals surface area contributed by atoms with E-state index in [-0.39, 0.29) is 6.79 Å². The second-order valence-electron chi connectivity index (χ2n) is 5.20. The maximum absolute atomic E-state index is 9.60. The Kier molecular flexibility index (Phi) is 4.66. The molecule has 1 aliphatic heterocycles. The van der Waals surface area contributed by atoms with Gasteiger partial charge in [-0.15, -0.1) is 0 Å². The second kappa shape index (κ2) is 7.05. The Morgan fingerprint density at radius 3 is 2.28 bits per heavy atom. The third-order valence-corrected chi connectivity index (χ3v) is 3.80. The summed E-state index contributed by atoms with van der Waals surface area (Å²) in [6, 6.07) is 11.2. The van der Waals surface area contributed by atoms with E-state index in [0.717, 1.165) is 5.56 Å². The van der Waals surface area contributed by atoms with Crippen molar-refractivity contribution in [3.8, 4) is 34.8 Å². The lowest BCUT2D eigenvalue weighted by molar-refractivity contribution is 0.174. The third-order valence-electron chi connectivity index (χ3n) is 3.80. The second-order valence-corrected chi connectivity index (χ2v) is 5.20. The van der Waals surface area contributed by atoms with Crippen molar-refractivity contribution < 1.29 is 23.7 Å². The van der Waals surface area contributed by atoms with E-state index >= 15 is 0 Å². The molecule has 25 heavy (non-hydrogen) atoms. The van der Waals surface area contributed by atoms with Gasteiger partial charge in [0.05, 0.1) is 33.0 Å². The van der Waals surface area contributed by atoms with Crippen molar-refractivity contribution in [1.82, 2.24) is 0 Å². The predicted octanol–water partition coefficient (Wildman–Crippen LogP) is 3.51. The van der Waals surface area contributed by atoms with Crippen LogP contribution in [0, 0.1) is 11.3 Å². The number of hydrogen-bond acceptors (Lipinski definition) is 6. The first-order valence-corrected chi connectivity index (χ1v) is 7.52. The van der Waals surface area contributed by atoms with Crippen molar-refractivity contribution in [3.63, 3.8) is 0 Å². The van der Waals surface area contributed by atoms with Crippen molar-refractivity contribution in [2.45, 2.75) is 0 Å². The zero-order valence-corrected chi connectivity index (χ0v) is 14.2.